The number of benzene rings is 1. The van der Waals surface area contributed by atoms with Crippen LogP contribution in [0, 0.1) is 0 Å². The molecule has 0 radical (unpaired) electrons. The molecule has 1 atom stereocenters. The van der Waals surface area contributed by atoms with Gasteiger partial charge in [-0.3, -0.25) is 9.10 Å². The first kappa shape index (κ1) is 21.1. The highest BCUT2D eigenvalue weighted by molar-refractivity contribution is 7.86. The van der Waals surface area contributed by atoms with Gasteiger partial charge in [-0.15, -0.1) is 0 Å². The first-order valence-corrected chi connectivity index (χ1v) is 9.88. The number of ether oxygens (including phenoxy) is 1. The van der Waals surface area contributed by atoms with Crippen LogP contribution in [0.4, 0.5) is 18.9 Å². The number of fused-ring (bicyclic) bond motifs is 1. The van der Waals surface area contributed by atoms with Gasteiger partial charge in [0, 0.05) is 11.7 Å². The van der Waals surface area contributed by atoms with Crippen molar-refractivity contribution in [2.75, 3.05) is 17.5 Å². The van der Waals surface area contributed by atoms with Gasteiger partial charge < -0.3 is 10.1 Å². The number of nitrogens with zero attached hydrogens (tertiary/aromatic N) is 2. The Kier molecular flexibility index (Phi) is 5.57. The summed E-state index contributed by atoms with van der Waals surface area (Å²) in [5.41, 5.74) is -0.832. The van der Waals surface area contributed by atoms with E-state index in [1.807, 2.05) is 20.8 Å². The summed E-state index contributed by atoms with van der Waals surface area (Å²) >= 11 is 0. The topological polar surface area (TPSA) is 71.5 Å². The quantitative estimate of drug-likeness (QED) is 0.813. The molecule has 1 amide bonds. The molecular weight excluding hydrogens is 407 g/mol. The normalized spacial score (nSPS) is 15.3. The Labute approximate surface area is 168 Å². The summed E-state index contributed by atoms with van der Waals surface area (Å²) in [6.45, 7) is 5.82. The van der Waals surface area contributed by atoms with Gasteiger partial charge in [0.2, 0.25) is 5.88 Å². The van der Waals surface area contributed by atoms with Crippen molar-refractivity contribution >= 4 is 22.6 Å². The summed E-state index contributed by atoms with van der Waals surface area (Å²) in [5, 5.41) is 2.80. The molecule has 1 aromatic carbocycles. The molecule has 1 N–H and O–H groups in total. The molecule has 3 rings (SSSR count). The van der Waals surface area contributed by atoms with Crippen LogP contribution in [-0.2, 0) is 17.2 Å². The van der Waals surface area contributed by atoms with Gasteiger partial charge in [-0.05, 0) is 45.0 Å². The number of carbonyl (C=O) groups excluding carboxylic acids is 1. The molecule has 1 aromatic heterocycles. The lowest BCUT2D eigenvalue weighted by Crippen LogP contribution is -2.41. The molecule has 0 saturated carbocycles. The summed E-state index contributed by atoms with van der Waals surface area (Å²) in [6.07, 6.45) is -3.19. The van der Waals surface area contributed by atoms with Crippen LogP contribution < -0.4 is 14.4 Å². The zero-order chi connectivity index (χ0) is 21.4. The van der Waals surface area contributed by atoms with E-state index in [0.29, 0.717) is 0 Å². The maximum absolute atomic E-state index is 13.0. The van der Waals surface area contributed by atoms with Crippen molar-refractivity contribution in [3.63, 3.8) is 0 Å². The van der Waals surface area contributed by atoms with Gasteiger partial charge in [-0.1, -0.05) is 6.07 Å². The number of carbonyl (C=O) groups is 1. The number of rotatable bonds is 3. The largest absolute Gasteiger partial charge is 0.474 e. The third kappa shape index (κ3) is 4.87. The minimum Gasteiger partial charge on any atom is -0.474 e. The first-order valence-electron chi connectivity index (χ1n) is 8.78. The molecule has 156 valence electrons. The summed E-state index contributed by atoms with van der Waals surface area (Å²) in [7, 11) is -1.94. The predicted molar refractivity (Wildman–Crippen MR) is 102 cm³/mol. The molecule has 6 nitrogen and oxygen atoms in total. The molecule has 0 fully saturated rings. The van der Waals surface area contributed by atoms with E-state index in [1.165, 1.54) is 28.7 Å². The van der Waals surface area contributed by atoms with Crippen LogP contribution in [0.15, 0.2) is 41.4 Å². The van der Waals surface area contributed by atoms with Crippen molar-refractivity contribution in [2.24, 2.45) is 0 Å². The van der Waals surface area contributed by atoms with Crippen LogP contribution in [0.5, 0.6) is 5.88 Å². The van der Waals surface area contributed by atoms with Gasteiger partial charge in [-0.25, -0.2) is 9.19 Å². The Morgan fingerprint density at radius 2 is 1.97 bits per heavy atom. The Morgan fingerprint density at radius 3 is 2.62 bits per heavy atom. The van der Waals surface area contributed by atoms with E-state index in [9.17, 15) is 22.2 Å². The lowest BCUT2D eigenvalue weighted by molar-refractivity contribution is -0.137. The smallest absolute Gasteiger partial charge is 0.416 e. The minimum absolute atomic E-state index is 0.00257. The van der Waals surface area contributed by atoms with E-state index in [1.54, 1.807) is 0 Å². The highest BCUT2D eigenvalue weighted by Gasteiger charge is 2.32. The van der Waals surface area contributed by atoms with Crippen molar-refractivity contribution in [2.45, 2.75) is 37.4 Å². The van der Waals surface area contributed by atoms with Crippen LogP contribution in [0.3, 0.4) is 0 Å². The van der Waals surface area contributed by atoms with Crippen LogP contribution in [0.2, 0.25) is 0 Å². The third-order valence-corrected chi connectivity index (χ3v) is 5.38. The van der Waals surface area contributed by atoms with E-state index >= 15 is 0 Å². The Morgan fingerprint density at radius 1 is 1.24 bits per heavy atom. The summed E-state index contributed by atoms with van der Waals surface area (Å²) < 4.78 is 58.9. The van der Waals surface area contributed by atoms with Crippen LogP contribution in [0.25, 0.3) is 0 Å². The highest BCUT2D eigenvalue weighted by atomic mass is 32.2. The molecule has 0 aliphatic carbocycles. The molecule has 29 heavy (non-hydrogen) atoms. The Balaban J connectivity index is 1.95. The average molecular weight is 427 g/mol. The molecule has 1 aliphatic rings. The molecule has 10 heteroatoms. The number of anilines is 1. The number of pyridine rings is 1. The number of halogens is 3. The van der Waals surface area contributed by atoms with Gasteiger partial charge in [0.1, 0.15) is 12.3 Å². The molecule has 0 saturated heterocycles. The first-order chi connectivity index (χ1) is 13.5. The lowest BCUT2D eigenvalue weighted by Gasteiger charge is -2.29. The van der Waals surface area contributed by atoms with Gasteiger partial charge in [0.05, 0.1) is 22.6 Å². The van der Waals surface area contributed by atoms with Crippen LogP contribution >= 0.6 is 0 Å². The summed E-state index contributed by atoms with van der Waals surface area (Å²) in [5.74, 6) is -0.202. The highest BCUT2D eigenvalue weighted by Crippen LogP contribution is 2.35. The summed E-state index contributed by atoms with van der Waals surface area (Å²) in [4.78, 5) is 16.5. The average Bonchev–Trinajstić information content (AvgIpc) is 2.64. The fourth-order valence-corrected chi connectivity index (χ4v) is 3.92. The lowest BCUT2D eigenvalue weighted by atomic mass is 10.1. The van der Waals surface area contributed by atoms with Crippen LogP contribution in [-0.4, -0.2) is 33.8 Å². The maximum Gasteiger partial charge on any atom is 0.416 e. The van der Waals surface area contributed by atoms with Gasteiger partial charge in [0.25, 0.3) is 5.91 Å². The Bertz CT molecular complexity index is 958. The molecule has 0 spiro atoms. The van der Waals surface area contributed by atoms with E-state index < -0.39 is 28.3 Å². The molecule has 0 bridgehead atoms. The number of nitrogens with one attached hydrogen (secondary N) is 1. The number of hydrogen-bond acceptors (Lipinski definition) is 4. The zero-order valence-corrected chi connectivity index (χ0v) is 16.9. The SMILES string of the molecule is CC(C)(C)NC(=O)c1cnc2c(c1)N(S(=O)c1cccc(C(F)(F)F)c1)CCO2. The second kappa shape index (κ2) is 7.66. The van der Waals surface area contributed by atoms with Crippen LogP contribution in [0.1, 0.15) is 36.7 Å². The number of aromatic nitrogens is 1. The van der Waals surface area contributed by atoms with Crippen molar-refractivity contribution < 1.29 is 26.9 Å². The zero-order valence-electron chi connectivity index (χ0n) is 16.0. The van der Waals surface area contributed by atoms with Gasteiger partial charge in [-0.2, -0.15) is 13.2 Å². The second-order valence-electron chi connectivity index (χ2n) is 7.48. The molecule has 2 heterocycles. The number of alkyl halides is 3. The standard InChI is InChI=1S/C19H20F3N3O3S/c1-18(2,3)24-16(26)12-9-15-17(23-11-12)28-8-7-25(15)29(27)14-6-4-5-13(10-14)19(20,21)22/h4-6,9-11H,7-8H2,1-3H3,(H,24,26). The maximum atomic E-state index is 13.0. The van der Waals surface area contributed by atoms with Gasteiger partial charge in [0.15, 0.2) is 11.0 Å². The molecule has 1 unspecified atom stereocenters. The summed E-state index contributed by atoms with van der Waals surface area (Å²) in [6, 6.07) is 5.83. The number of hydrogen-bond donors (Lipinski definition) is 1. The van der Waals surface area contributed by atoms with Crippen molar-refractivity contribution in [3.05, 3.63) is 47.7 Å². The van der Waals surface area contributed by atoms with E-state index in [-0.39, 0.29) is 41.1 Å². The van der Waals surface area contributed by atoms with E-state index in [2.05, 4.69) is 10.3 Å². The fourth-order valence-electron chi connectivity index (χ4n) is 2.69. The van der Waals surface area contributed by atoms with E-state index in [0.717, 1.165) is 12.1 Å². The van der Waals surface area contributed by atoms with Crippen molar-refractivity contribution in [1.82, 2.24) is 10.3 Å². The van der Waals surface area contributed by atoms with Crippen molar-refractivity contribution in [1.29, 1.82) is 0 Å². The Hall–Kier alpha value is -2.62. The second-order valence-corrected chi connectivity index (χ2v) is 8.89. The van der Waals surface area contributed by atoms with E-state index in [4.69, 9.17) is 4.74 Å². The molecular formula is C19H20F3N3O3S. The molecule has 2 aromatic rings. The monoisotopic (exact) mass is 427 g/mol. The third-order valence-electron chi connectivity index (χ3n) is 3.95. The molecule has 1 aliphatic heterocycles. The number of amides is 1. The minimum atomic E-state index is -4.54. The fraction of sp³-hybridized carbons (Fsp3) is 0.368. The predicted octanol–water partition coefficient (Wildman–Crippen LogP) is 3.55. The van der Waals surface area contributed by atoms with Gasteiger partial charge >= 0.3 is 6.18 Å². The van der Waals surface area contributed by atoms with Crippen molar-refractivity contribution in [3.8, 4) is 5.88 Å².